The summed E-state index contributed by atoms with van der Waals surface area (Å²) in [6.07, 6.45) is 0.468. The second kappa shape index (κ2) is 7.92. The molecule has 3 rings (SSSR count). The zero-order valence-electron chi connectivity index (χ0n) is 12.8. The van der Waals surface area contributed by atoms with E-state index < -0.39 is 0 Å². The molecule has 0 saturated carbocycles. The van der Waals surface area contributed by atoms with Gasteiger partial charge in [-0.15, -0.1) is 0 Å². The van der Waals surface area contributed by atoms with Gasteiger partial charge in [0.25, 0.3) is 0 Å². The summed E-state index contributed by atoms with van der Waals surface area (Å²) in [7, 11) is 0. The van der Waals surface area contributed by atoms with E-state index in [-0.39, 0.29) is 18.1 Å². The fraction of sp³-hybridized carbons (Fsp3) is 0.118. The molecule has 0 aliphatic carbocycles. The van der Waals surface area contributed by atoms with E-state index in [1.54, 1.807) is 24.3 Å². The fourth-order valence-electron chi connectivity index (χ4n) is 2.10. The summed E-state index contributed by atoms with van der Waals surface area (Å²) in [4.78, 5) is 16.2. The molecule has 128 valence electrons. The van der Waals surface area contributed by atoms with Crippen molar-refractivity contribution >= 4 is 45.8 Å². The first-order chi connectivity index (χ1) is 12.0. The molecule has 25 heavy (non-hydrogen) atoms. The quantitative estimate of drug-likeness (QED) is 0.548. The van der Waals surface area contributed by atoms with E-state index in [1.807, 2.05) is 6.07 Å². The van der Waals surface area contributed by atoms with Crippen LogP contribution in [0.2, 0.25) is 5.02 Å². The van der Waals surface area contributed by atoms with E-state index >= 15 is 0 Å². The van der Waals surface area contributed by atoms with E-state index in [1.165, 1.54) is 12.1 Å². The Morgan fingerprint density at radius 3 is 2.72 bits per heavy atom. The number of nitrogens with zero attached hydrogens (tertiary/aromatic N) is 2. The van der Waals surface area contributed by atoms with Crippen LogP contribution in [0.15, 0.2) is 47.0 Å². The van der Waals surface area contributed by atoms with E-state index in [4.69, 9.17) is 16.1 Å². The second-order valence-corrected chi connectivity index (χ2v) is 6.84. The van der Waals surface area contributed by atoms with Gasteiger partial charge in [-0.25, -0.2) is 4.39 Å². The maximum Gasteiger partial charge on any atom is 0.227 e. The number of halogens is 3. The second-order valence-electron chi connectivity index (χ2n) is 5.19. The van der Waals surface area contributed by atoms with Gasteiger partial charge in [0.2, 0.25) is 17.6 Å². The van der Waals surface area contributed by atoms with Crippen molar-refractivity contribution in [3.05, 3.63) is 62.8 Å². The molecule has 8 heteroatoms. The van der Waals surface area contributed by atoms with E-state index in [0.717, 1.165) is 3.57 Å². The van der Waals surface area contributed by atoms with Crippen molar-refractivity contribution in [2.45, 2.75) is 12.8 Å². The number of rotatable bonds is 5. The zero-order valence-corrected chi connectivity index (χ0v) is 15.7. The Morgan fingerprint density at radius 1 is 1.24 bits per heavy atom. The predicted molar refractivity (Wildman–Crippen MR) is 101 cm³/mol. The van der Waals surface area contributed by atoms with E-state index in [9.17, 15) is 9.18 Å². The standard InChI is InChI=1S/C17H12ClFIN3O2/c18-13-9-12(20)5-6-14(13)21-15(24)7-8-16-22-17(23-25-16)10-1-3-11(19)4-2-10/h1-6,9H,7-8H2,(H,21,24). The van der Waals surface area contributed by atoms with Gasteiger partial charge in [0.15, 0.2) is 0 Å². The summed E-state index contributed by atoms with van der Waals surface area (Å²) in [6, 6.07) is 11.2. The average molecular weight is 472 g/mol. The largest absolute Gasteiger partial charge is 0.339 e. The summed E-state index contributed by atoms with van der Waals surface area (Å²) in [6.45, 7) is 0. The van der Waals surface area contributed by atoms with Gasteiger partial charge in [-0.2, -0.15) is 4.98 Å². The van der Waals surface area contributed by atoms with Gasteiger partial charge in [-0.1, -0.05) is 16.8 Å². The summed E-state index contributed by atoms with van der Waals surface area (Å²) < 4.78 is 19.0. The van der Waals surface area contributed by atoms with Crippen LogP contribution in [0.4, 0.5) is 10.1 Å². The van der Waals surface area contributed by atoms with Crippen LogP contribution in [0.25, 0.3) is 11.4 Å². The van der Waals surface area contributed by atoms with Crippen molar-refractivity contribution in [3.8, 4) is 11.4 Å². The van der Waals surface area contributed by atoms with Crippen LogP contribution < -0.4 is 5.32 Å². The van der Waals surface area contributed by atoms with Gasteiger partial charge >= 0.3 is 0 Å². The molecule has 5 nitrogen and oxygen atoms in total. The fourth-order valence-corrected chi connectivity index (χ4v) is 3.00. The summed E-state index contributed by atoms with van der Waals surface area (Å²) in [5.74, 6) is 0.155. The monoisotopic (exact) mass is 471 g/mol. The summed E-state index contributed by atoms with van der Waals surface area (Å²) in [5.41, 5.74) is 1.20. The smallest absolute Gasteiger partial charge is 0.227 e. The lowest BCUT2D eigenvalue weighted by Crippen LogP contribution is -2.12. The van der Waals surface area contributed by atoms with Crippen LogP contribution in [-0.4, -0.2) is 16.0 Å². The van der Waals surface area contributed by atoms with Crippen molar-refractivity contribution in [1.82, 2.24) is 10.1 Å². The molecular weight excluding hydrogens is 460 g/mol. The van der Waals surface area contributed by atoms with Crippen LogP contribution >= 0.6 is 34.2 Å². The Morgan fingerprint density at radius 2 is 2.00 bits per heavy atom. The highest BCUT2D eigenvalue weighted by Gasteiger charge is 2.12. The molecule has 0 saturated heterocycles. The van der Waals surface area contributed by atoms with Crippen molar-refractivity contribution < 1.29 is 13.7 Å². The Labute approximate surface area is 161 Å². The first-order valence-corrected chi connectivity index (χ1v) is 8.80. The molecule has 0 aliphatic rings. The van der Waals surface area contributed by atoms with Crippen LogP contribution in [0.1, 0.15) is 12.3 Å². The molecule has 1 N–H and O–H groups in total. The minimum absolute atomic E-state index is 0.174. The molecule has 1 heterocycles. The molecule has 1 aromatic heterocycles. The molecule has 0 bridgehead atoms. The number of amides is 1. The molecular formula is C17H12ClFIN3O2. The summed E-state index contributed by atoms with van der Waals surface area (Å²) >= 11 is 8.23. The third kappa shape index (κ3) is 4.76. The molecule has 0 fully saturated rings. The SMILES string of the molecule is O=C(CCc1nc(-c2ccc(F)cc2)no1)Nc1ccc(I)cc1Cl. The number of hydrogen-bond donors (Lipinski definition) is 1. The van der Waals surface area contributed by atoms with Gasteiger partial charge in [0.05, 0.1) is 10.7 Å². The number of carbonyl (C=O) groups is 1. The third-order valence-corrected chi connectivity index (χ3v) is 4.33. The molecule has 0 aliphatic heterocycles. The van der Waals surface area contributed by atoms with Crippen molar-refractivity contribution in [3.63, 3.8) is 0 Å². The zero-order chi connectivity index (χ0) is 17.8. The van der Waals surface area contributed by atoms with E-state index in [2.05, 4.69) is 38.0 Å². The van der Waals surface area contributed by atoms with Gasteiger partial charge in [0.1, 0.15) is 5.82 Å². The maximum absolute atomic E-state index is 12.9. The Bertz CT molecular complexity index is 899. The number of aryl methyl sites for hydroxylation is 1. The third-order valence-electron chi connectivity index (χ3n) is 3.34. The van der Waals surface area contributed by atoms with Gasteiger partial charge in [-0.05, 0) is 65.1 Å². The molecule has 0 unspecified atom stereocenters. The number of anilines is 1. The Kier molecular flexibility index (Phi) is 5.64. The molecule has 0 radical (unpaired) electrons. The number of benzene rings is 2. The van der Waals surface area contributed by atoms with E-state index in [0.29, 0.717) is 34.4 Å². The van der Waals surface area contributed by atoms with Crippen molar-refractivity contribution in [1.29, 1.82) is 0 Å². The molecule has 0 atom stereocenters. The molecule has 0 spiro atoms. The lowest BCUT2D eigenvalue weighted by molar-refractivity contribution is -0.116. The van der Waals surface area contributed by atoms with Crippen molar-refractivity contribution in [2.24, 2.45) is 0 Å². The average Bonchev–Trinajstić information content (AvgIpc) is 3.05. The normalized spacial score (nSPS) is 10.7. The topological polar surface area (TPSA) is 68.0 Å². The lowest BCUT2D eigenvalue weighted by atomic mass is 10.2. The highest BCUT2D eigenvalue weighted by Crippen LogP contribution is 2.24. The number of carbonyl (C=O) groups excluding carboxylic acids is 1. The number of hydrogen-bond acceptors (Lipinski definition) is 4. The van der Waals surface area contributed by atoms with Crippen LogP contribution in [0, 0.1) is 9.39 Å². The minimum atomic E-state index is -0.335. The van der Waals surface area contributed by atoms with Gasteiger partial charge in [-0.3, -0.25) is 4.79 Å². The maximum atomic E-state index is 12.9. The molecule has 1 amide bonds. The van der Waals surface area contributed by atoms with Gasteiger partial charge < -0.3 is 9.84 Å². The number of aromatic nitrogens is 2. The first-order valence-electron chi connectivity index (χ1n) is 7.35. The number of nitrogens with one attached hydrogen (secondary N) is 1. The first kappa shape index (κ1) is 17.8. The highest BCUT2D eigenvalue weighted by atomic mass is 127. The molecule has 3 aromatic rings. The highest BCUT2D eigenvalue weighted by molar-refractivity contribution is 14.1. The van der Waals surface area contributed by atoms with Crippen LogP contribution in [0.5, 0.6) is 0 Å². The lowest BCUT2D eigenvalue weighted by Gasteiger charge is -2.06. The molecule has 2 aromatic carbocycles. The predicted octanol–water partition coefficient (Wildman–Crippen LogP) is 4.71. The minimum Gasteiger partial charge on any atom is -0.339 e. The summed E-state index contributed by atoms with van der Waals surface area (Å²) in [5, 5.41) is 7.07. The van der Waals surface area contributed by atoms with Crippen molar-refractivity contribution in [2.75, 3.05) is 5.32 Å². The van der Waals surface area contributed by atoms with Crippen LogP contribution in [0.3, 0.4) is 0 Å². The van der Waals surface area contributed by atoms with Gasteiger partial charge in [0, 0.05) is 22.0 Å². The van der Waals surface area contributed by atoms with Crippen LogP contribution in [-0.2, 0) is 11.2 Å². The Hall–Kier alpha value is -2.00. The Balaban J connectivity index is 1.58.